The van der Waals surface area contributed by atoms with Crippen LogP contribution >= 0.6 is 0 Å². The van der Waals surface area contributed by atoms with Gasteiger partial charge in [0.1, 0.15) is 24.7 Å². The maximum atomic E-state index is 14.8. The molecule has 3 aromatic rings. The summed E-state index contributed by atoms with van der Waals surface area (Å²) < 4.78 is 18.1. The van der Waals surface area contributed by atoms with Crippen molar-refractivity contribution >= 4 is 35.6 Å². The molecule has 0 unspecified atom stereocenters. The van der Waals surface area contributed by atoms with Crippen LogP contribution in [0.25, 0.3) is 11.1 Å². The standard InChI is InChI=1S/C58H82N6O10/c1-12-38(6)52(61(8)57(69)50(36(2)3)60-55(67)51(37(4)5)62(9)58(70)73-35-45-43-27-18-16-25-41(43)42-26-17-19-28-44(42)45)48(71-10)34-49(65)63-30-22-29-47(63)53(72-11)39(7)54(66)59-46(33-40-23-14-13-15-24-40)56(68)64-31-20-21-32-74-64/h13-19,23-28,36-39,45-48,50-53H,12,20-22,29-35H2,1-11H3,(H,59,66)(H,60,67)/t38-,39+,46-,47-,48+,50-,51-,52-,53+/m0/s1. The normalized spacial score (nSPS) is 18.8. The molecule has 1 aliphatic carbocycles. The summed E-state index contributed by atoms with van der Waals surface area (Å²) in [5.74, 6) is -3.42. The minimum atomic E-state index is -0.975. The zero-order valence-electron chi connectivity index (χ0n) is 45.6. The van der Waals surface area contributed by atoms with Crippen molar-refractivity contribution < 1.29 is 47.8 Å². The second-order valence-corrected chi connectivity index (χ2v) is 21.2. The Morgan fingerprint density at radius 2 is 1.38 bits per heavy atom. The molecule has 16 nitrogen and oxygen atoms in total. The van der Waals surface area contributed by atoms with Gasteiger partial charge in [0.05, 0.1) is 43.2 Å². The first kappa shape index (κ1) is 57.4. The van der Waals surface area contributed by atoms with Gasteiger partial charge in [0.15, 0.2) is 0 Å². The van der Waals surface area contributed by atoms with Crippen molar-refractivity contribution in [2.75, 3.05) is 54.6 Å². The molecular weight excluding hydrogens is 941 g/mol. The Labute approximate surface area is 439 Å². The lowest BCUT2D eigenvalue weighted by molar-refractivity contribution is -0.199. The number of ether oxygens (including phenoxy) is 3. The molecular formula is C58H82N6O10. The van der Waals surface area contributed by atoms with Gasteiger partial charge in [-0.15, -0.1) is 0 Å². The number of benzene rings is 3. The van der Waals surface area contributed by atoms with Gasteiger partial charge >= 0.3 is 6.09 Å². The lowest BCUT2D eigenvalue weighted by atomic mass is 9.89. The summed E-state index contributed by atoms with van der Waals surface area (Å²) in [7, 11) is 6.31. The van der Waals surface area contributed by atoms with Crippen LogP contribution in [0.4, 0.5) is 4.79 Å². The molecule has 16 heteroatoms. The molecule has 6 rings (SSSR count). The molecule has 2 saturated heterocycles. The van der Waals surface area contributed by atoms with E-state index in [-0.39, 0.29) is 66.7 Å². The van der Waals surface area contributed by atoms with Crippen molar-refractivity contribution in [3.05, 3.63) is 95.6 Å². The highest BCUT2D eigenvalue weighted by atomic mass is 16.7. The van der Waals surface area contributed by atoms with E-state index in [4.69, 9.17) is 19.0 Å². The highest BCUT2D eigenvalue weighted by molar-refractivity contribution is 5.92. The van der Waals surface area contributed by atoms with Crippen LogP contribution in [0.3, 0.4) is 0 Å². The Bertz CT molecular complexity index is 2330. The first-order chi connectivity index (χ1) is 35.4. The molecule has 0 saturated carbocycles. The summed E-state index contributed by atoms with van der Waals surface area (Å²) >= 11 is 0. The third-order valence-electron chi connectivity index (χ3n) is 15.6. The number of hydrogen-bond acceptors (Lipinski definition) is 10. The lowest BCUT2D eigenvalue weighted by Crippen LogP contribution is -2.60. The fourth-order valence-corrected chi connectivity index (χ4v) is 11.3. The zero-order valence-corrected chi connectivity index (χ0v) is 45.6. The van der Waals surface area contributed by atoms with Crippen LogP contribution in [0.5, 0.6) is 0 Å². The van der Waals surface area contributed by atoms with Crippen LogP contribution in [0, 0.1) is 23.7 Å². The topological polar surface area (TPSA) is 176 Å². The van der Waals surface area contributed by atoms with Gasteiger partial charge in [0.25, 0.3) is 5.91 Å². The highest BCUT2D eigenvalue weighted by Gasteiger charge is 2.44. The Morgan fingerprint density at radius 1 is 0.743 bits per heavy atom. The number of carbonyl (C=O) groups is 6. The summed E-state index contributed by atoms with van der Waals surface area (Å²) in [6.07, 6.45) is 1.77. The molecule has 404 valence electrons. The van der Waals surface area contributed by atoms with E-state index in [1.165, 1.54) is 24.2 Å². The lowest BCUT2D eigenvalue weighted by Gasteiger charge is -2.41. The number of likely N-dealkylation sites (tertiary alicyclic amines) is 1. The van der Waals surface area contributed by atoms with Gasteiger partial charge in [0, 0.05) is 53.7 Å². The van der Waals surface area contributed by atoms with Gasteiger partial charge in [-0.1, -0.05) is 134 Å². The largest absolute Gasteiger partial charge is 0.448 e. The number of nitrogens with zero attached hydrogens (tertiary/aromatic N) is 4. The maximum Gasteiger partial charge on any atom is 0.410 e. The molecule has 9 atom stereocenters. The third kappa shape index (κ3) is 13.3. The molecule has 3 aliphatic rings. The van der Waals surface area contributed by atoms with Crippen molar-refractivity contribution in [3.8, 4) is 11.1 Å². The molecule has 0 bridgehead atoms. The molecule has 6 amide bonds. The number of fused-ring (bicyclic) bond motifs is 3. The molecule has 2 fully saturated rings. The van der Waals surface area contributed by atoms with Crippen LogP contribution in [0.2, 0.25) is 0 Å². The first-order valence-electron chi connectivity index (χ1n) is 26.7. The number of rotatable bonds is 23. The number of methoxy groups -OCH3 is 2. The molecule has 0 aromatic heterocycles. The molecule has 2 aliphatic heterocycles. The smallest absolute Gasteiger partial charge is 0.410 e. The van der Waals surface area contributed by atoms with E-state index in [1.807, 2.05) is 96.1 Å². The summed E-state index contributed by atoms with van der Waals surface area (Å²) in [6.45, 7) is 14.6. The molecule has 74 heavy (non-hydrogen) atoms. The number of carbonyl (C=O) groups excluding carboxylic acids is 6. The van der Waals surface area contributed by atoms with Gasteiger partial charge in [-0.3, -0.25) is 33.7 Å². The Balaban J connectivity index is 1.11. The number of hydrogen-bond donors (Lipinski definition) is 2. The molecule has 0 spiro atoms. The van der Waals surface area contributed by atoms with Gasteiger partial charge in [-0.25, -0.2) is 9.86 Å². The number of nitrogens with one attached hydrogen (secondary N) is 2. The molecule has 3 aromatic carbocycles. The third-order valence-corrected chi connectivity index (χ3v) is 15.6. The number of likely N-dealkylation sites (N-methyl/N-ethyl adjacent to an activating group) is 2. The van der Waals surface area contributed by atoms with Crippen LogP contribution in [0.1, 0.15) is 110 Å². The van der Waals surface area contributed by atoms with Crippen LogP contribution in [-0.4, -0.2) is 152 Å². The van der Waals surface area contributed by atoms with E-state index in [2.05, 4.69) is 34.9 Å². The summed E-state index contributed by atoms with van der Waals surface area (Å²) in [6, 6.07) is 21.9. The number of hydroxylamine groups is 2. The van der Waals surface area contributed by atoms with E-state index in [9.17, 15) is 28.8 Å². The van der Waals surface area contributed by atoms with E-state index < -0.39 is 60.3 Å². The van der Waals surface area contributed by atoms with Crippen LogP contribution < -0.4 is 10.6 Å². The monoisotopic (exact) mass is 1020 g/mol. The predicted molar refractivity (Wildman–Crippen MR) is 283 cm³/mol. The Kier molecular flexibility index (Phi) is 20.6. The van der Waals surface area contributed by atoms with Crippen molar-refractivity contribution in [1.82, 2.24) is 30.4 Å². The average molecular weight is 1020 g/mol. The van der Waals surface area contributed by atoms with Crippen LogP contribution in [0.15, 0.2) is 78.9 Å². The summed E-state index contributed by atoms with van der Waals surface area (Å²) in [5.41, 5.74) is 5.27. The molecule has 2 N–H and O–H groups in total. The molecule has 2 heterocycles. The maximum absolute atomic E-state index is 14.8. The first-order valence-corrected chi connectivity index (χ1v) is 26.7. The minimum Gasteiger partial charge on any atom is -0.448 e. The van der Waals surface area contributed by atoms with Crippen LogP contribution in [-0.2, 0) is 49.4 Å². The molecule has 0 radical (unpaired) electrons. The summed E-state index contributed by atoms with van der Waals surface area (Å²) in [5, 5.41) is 7.38. The van der Waals surface area contributed by atoms with Gasteiger partial charge in [-0.05, 0) is 71.3 Å². The van der Waals surface area contributed by atoms with Crippen molar-refractivity contribution in [2.24, 2.45) is 23.7 Å². The average Bonchev–Trinajstić information content (AvgIpc) is 4.02. The van der Waals surface area contributed by atoms with E-state index in [1.54, 1.807) is 30.8 Å². The van der Waals surface area contributed by atoms with E-state index in [0.717, 1.165) is 40.7 Å². The predicted octanol–water partition coefficient (Wildman–Crippen LogP) is 7.23. The second kappa shape index (κ2) is 26.6. The van der Waals surface area contributed by atoms with Crippen molar-refractivity contribution in [1.29, 1.82) is 0 Å². The van der Waals surface area contributed by atoms with E-state index >= 15 is 0 Å². The SMILES string of the molecule is CC[C@H](C)[C@@H]([C@@H](CC(=O)N1CCC[C@H]1[C@H](OC)[C@@H](C)C(=O)N[C@@H](Cc1ccccc1)C(=O)N1CCCCO1)OC)N(C)C(=O)[C@@H](NC(=O)[C@H](C(C)C)N(C)C(=O)OCC1c2ccccc2-c2ccccc21)C(C)C. The fourth-order valence-electron chi connectivity index (χ4n) is 11.3. The van der Waals surface area contributed by atoms with Gasteiger partial charge in [-0.2, -0.15) is 0 Å². The summed E-state index contributed by atoms with van der Waals surface area (Å²) in [4.78, 5) is 95.9. The second-order valence-electron chi connectivity index (χ2n) is 21.2. The Hall–Kier alpha value is -5.84. The van der Waals surface area contributed by atoms with E-state index in [0.29, 0.717) is 39.0 Å². The number of amides is 6. The Morgan fingerprint density at radius 3 is 1.95 bits per heavy atom. The quantitative estimate of drug-likeness (QED) is 0.0986. The fraction of sp³-hybridized carbons (Fsp3) is 0.586. The van der Waals surface area contributed by atoms with Crippen molar-refractivity contribution in [3.63, 3.8) is 0 Å². The van der Waals surface area contributed by atoms with Crippen molar-refractivity contribution in [2.45, 2.75) is 142 Å². The highest BCUT2D eigenvalue weighted by Crippen LogP contribution is 2.44. The zero-order chi connectivity index (χ0) is 53.8. The van der Waals surface area contributed by atoms with Gasteiger partial charge < -0.3 is 34.6 Å². The minimum absolute atomic E-state index is 0.0564. The van der Waals surface area contributed by atoms with Gasteiger partial charge in [0.2, 0.25) is 23.6 Å².